The van der Waals surface area contributed by atoms with Crippen LogP contribution in [-0.4, -0.2) is 48.6 Å². The second-order valence-electron chi connectivity index (χ2n) is 8.57. The van der Waals surface area contributed by atoms with E-state index in [2.05, 4.69) is 15.4 Å². The van der Waals surface area contributed by atoms with Crippen LogP contribution in [0.1, 0.15) is 37.4 Å². The predicted molar refractivity (Wildman–Crippen MR) is 134 cm³/mol. The number of ether oxygens (including phenoxy) is 2. The zero-order chi connectivity index (χ0) is 24.1. The first-order valence-electron chi connectivity index (χ1n) is 11.5. The summed E-state index contributed by atoms with van der Waals surface area (Å²) < 4.78 is 12.5. The Morgan fingerprint density at radius 2 is 1.88 bits per heavy atom. The monoisotopic (exact) mass is 461 g/mol. The maximum Gasteiger partial charge on any atom is 0.205 e. The number of benzene rings is 1. The molecule has 4 rings (SSSR count). The number of pyridine rings is 1. The number of hydrogen-bond donors (Lipinski definition) is 2. The van der Waals surface area contributed by atoms with E-state index in [9.17, 15) is 4.79 Å². The van der Waals surface area contributed by atoms with Gasteiger partial charge in [0.15, 0.2) is 0 Å². The molecule has 0 amide bonds. The van der Waals surface area contributed by atoms with Crippen LogP contribution in [0, 0.1) is 17.2 Å². The van der Waals surface area contributed by atoms with Crippen LogP contribution in [0.4, 0.5) is 5.69 Å². The molecule has 34 heavy (non-hydrogen) atoms. The molecule has 1 fully saturated rings. The molecule has 0 saturated heterocycles. The highest BCUT2D eigenvalue weighted by Crippen LogP contribution is 2.34. The molecular weight excluding hydrogens is 430 g/mol. The van der Waals surface area contributed by atoms with Crippen molar-refractivity contribution >= 4 is 28.9 Å². The van der Waals surface area contributed by atoms with Gasteiger partial charge in [-0.2, -0.15) is 5.10 Å². The number of nitrogens with one attached hydrogen (secondary N) is 2. The average Bonchev–Trinajstić information content (AvgIpc) is 3.55. The fourth-order valence-electron chi connectivity index (χ4n) is 4.66. The Balaban J connectivity index is 1.72. The molecule has 1 saturated carbocycles. The van der Waals surface area contributed by atoms with Gasteiger partial charge in [-0.1, -0.05) is 18.9 Å². The Kier molecular flexibility index (Phi) is 7.25. The zero-order valence-electron chi connectivity index (χ0n) is 19.8. The summed E-state index contributed by atoms with van der Waals surface area (Å²) in [6.45, 7) is 0. The van der Waals surface area contributed by atoms with Crippen molar-refractivity contribution < 1.29 is 14.3 Å². The second kappa shape index (κ2) is 10.5. The molecule has 178 valence electrons. The van der Waals surface area contributed by atoms with Gasteiger partial charge in [0.2, 0.25) is 5.78 Å². The van der Waals surface area contributed by atoms with E-state index in [1.807, 2.05) is 30.5 Å². The molecule has 2 unspecified atom stereocenters. The van der Waals surface area contributed by atoms with Gasteiger partial charge in [-0.15, -0.1) is 0 Å². The Labute approximate surface area is 199 Å². The van der Waals surface area contributed by atoms with Crippen LogP contribution >= 0.6 is 0 Å². The van der Waals surface area contributed by atoms with Gasteiger partial charge in [-0.05, 0) is 37.0 Å². The third-order valence-electron chi connectivity index (χ3n) is 6.43. The van der Waals surface area contributed by atoms with Gasteiger partial charge in [0.05, 0.1) is 31.1 Å². The molecule has 2 N–H and O–H groups in total. The average molecular weight is 462 g/mol. The molecule has 0 radical (unpaired) electrons. The van der Waals surface area contributed by atoms with Gasteiger partial charge >= 0.3 is 0 Å². The zero-order valence-corrected chi connectivity index (χ0v) is 19.8. The number of anilines is 1. The molecular formula is C26H31N5O3. The number of ketones is 1. The van der Waals surface area contributed by atoms with Crippen LogP contribution in [0.5, 0.6) is 11.5 Å². The fraction of sp³-hybridized carbons (Fsp3) is 0.385. The predicted octanol–water partition coefficient (Wildman–Crippen LogP) is 4.60. The Morgan fingerprint density at radius 1 is 1.18 bits per heavy atom. The molecule has 0 spiro atoms. The first kappa shape index (κ1) is 23.5. The van der Waals surface area contributed by atoms with E-state index in [4.69, 9.17) is 14.9 Å². The Morgan fingerprint density at radius 3 is 2.50 bits per heavy atom. The van der Waals surface area contributed by atoms with Crippen molar-refractivity contribution in [2.45, 2.75) is 31.7 Å². The van der Waals surface area contributed by atoms with Gasteiger partial charge < -0.3 is 25.2 Å². The minimum absolute atomic E-state index is 0.0573. The quantitative estimate of drug-likeness (QED) is 0.430. The number of methoxy groups -OCH3 is 2. The normalized spacial score (nSPS) is 16.0. The number of nitrogens with zero attached hydrogens (tertiary/aromatic N) is 3. The second-order valence-corrected chi connectivity index (χ2v) is 8.57. The Hall–Kier alpha value is -3.68. The van der Waals surface area contributed by atoms with E-state index in [1.54, 1.807) is 50.2 Å². The number of rotatable bonds is 10. The lowest BCUT2D eigenvalue weighted by atomic mass is 9.84. The highest BCUT2D eigenvalue weighted by atomic mass is 16.5. The van der Waals surface area contributed by atoms with Crippen molar-refractivity contribution in [2.75, 3.05) is 26.6 Å². The van der Waals surface area contributed by atoms with E-state index < -0.39 is 6.04 Å². The molecule has 2 heterocycles. The van der Waals surface area contributed by atoms with E-state index in [1.165, 1.54) is 0 Å². The molecule has 1 aromatic carbocycles. The summed E-state index contributed by atoms with van der Waals surface area (Å²) in [6.07, 6.45) is 7.85. The summed E-state index contributed by atoms with van der Waals surface area (Å²) in [5, 5.41) is 16.8. The van der Waals surface area contributed by atoms with Crippen molar-refractivity contribution in [3.63, 3.8) is 0 Å². The SMILES string of the molecule is CN=CC(C(=N)C(=O)C(Nc1cc(OC)cc(OC)c1)c1cc2ccccn2n1)C1CCCC1. The first-order chi connectivity index (χ1) is 16.5. The summed E-state index contributed by atoms with van der Waals surface area (Å²) in [5.41, 5.74) is 2.11. The molecule has 0 aliphatic heterocycles. The van der Waals surface area contributed by atoms with Crippen molar-refractivity contribution in [3.8, 4) is 11.5 Å². The molecule has 0 bridgehead atoms. The van der Waals surface area contributed by atoms with Crippen molar-refractivity contribution in [3.05, 3.63) is 54.4 Å². The summed E-state index contributed by atoms with van der Waals surface area (Å²) in [6, 6.07) is 12.1. The van der Waals surface area contributed by atoms with Crippen molar-refractivity contribution in [1.82, 2.24) is 9.61 Å². The van der Waals surface area contributed by atoms with Gasteiger partial charge in [-0.25, -0.2) is 4.52 Å². The molecule has 1 aliphatic carbocycles. The van der Waals surface area contributed by atoms with Gasteiger partial charge in [-0.3, -0.25) is 4.79 Å². The molecule has 1 aliphatic rings. The van der Waals surface area contributed by atoms with Gasteiger partial charge in [0.1, 0.15) is 17.5 Å². The van der Waals surface area contributed by atoms with Crippen LogP contribution in [0.3, 0.4) is 0 Å². The van der Waals surface area contributed by atoms with Crippen LogP contribution in [0.15, 0.2) is 53.7 Å². The highest BCUT2D eigenvalue weighted by molar-refractivity contribution is 6.43. The van der Waals surface area contributed by atoms with Gasteiger partial charge in [0.25, 0.3) is 0 Å². The molecule has 8 nitrogen and oxygen atoms in total. The lowest BCUT2D eigenvalue weighted by Crippen LogP contribution is -2.35. The third-order valence-corrected chi connectivity index (χ3v) is 6.43. The first-order valence-corrected chi connectivity index (χ1v) is 11.5. The standard InChI is InChI=1S/C26H31N5O3/c1-28-16-22(17-8-4-5-9-17)24(27)26(32)25(23-14-19-10-6-7-11-31(19)30-23)29-18-12-20(33-2)15-21(13-18)34-3/h6-7,10-17,22,25,27,29H,4-5,8-9H2,1-3H3. The summed E-state index contributed by atoms with van der Waals surface area (Å²) in [4.78, 5) is 18.0. The van der Waals surface area contributed by atoms with E-state index in [0.29, 0.717) is 22.9 Å². The lowest BCUT2D eigenvalue weighted by Gasteiger charge is -2.24. The van der Waals surface area contributed by atoms with Crippen LogP contribution in [0.25, 0.3) is 5.52 Å². The minimum atomic E-state index is -0.849. The fourth-order valence-corrected chi connectivity index (χ4v) is 4.66. The van der Waals surface area contributed by atoms with E-state index in [-0.39, 0.29) is 23.3 Å². The largest absolute Gasteiger partial charge is 0.497 e. The number of Topliss-reactive ketones (excluding diaryl/α,β-unsaturated/α-hetero) is 1. The van der Waals surface area contributed by atoms with Gasteiger partial charge in [0, 0.05) is 49.3 Å². The van der Waals surface area contributed by atoms with Crippen LogP contribution in [-0.2, 0) is 4.79 Å². The number of carbonyl (C=O) groups excluding carboxylic acids is 1. The highest BCUT2D eigenvalue weighted by Gasteiger charge is 2.35. The number of carbonyl (C=O) groups is 1. The molecule has 3 aromatic rings. The summed E-state index contributed by atoms with van der Waals surface area (Å²) in [5.74, 6) is 0.835. The number of aromatic nitrogens is 2. The van der Waals surface area contributed by atoms with Crippen molar-refractivity contribution in [2.24, 2.45) is 16.8 Å². The number of aliphatic imine (C=N–C) groups is 1. The molecule has 8 heteroatoms. The smallest absolute Gasteiger partial charge is 0.205 e. The van der Waals surface area contributed by atoms with E-state index >= 15 is 0 Å². The summed E-state index contributed by atoms with van der Waals surface area (Å²) in [7, 11) is 4.85. The maximum atomic E-state index is 13.8. The lowest BCUT2D eigenvalue weighted by molar-refractivity contribution is -0.114. The van der Waals surface area contributed by atoms with E-state index in [0.717, 1.165) is 31.2 Å². The minimum Gasteiger partial charge on any atom is -0.497 e. The van der Waals surface area contributed by atoms with Crippen LogP contribution in [0.2, 0.25) is 0 Å². The molecule has 2 atom stereocenters. The molecule has 2 aromatic heterocycles. The number of fused-ring (bicyclic) bond motifs is 1. The van der Waals surface area contributed by atoms with Crippen molar-refractivity contribution in [1.29, 1.82) is 5.41 Å². The van der Waals surface area contributed by atoms with Crippen LogP contribution < -0.4 is 14.8 Å². The Bertz CT molecular complexity index is 1140. The number of hydrogen-bond acceptors (Lipinski definition) is 7. The summed E-state index contributed by atoms with van der Waals surface area (Å²) >= 11 is 0. The topological polar surface area (TPSA) is 101 Å². The third kappa shape index (κ3) is 4.95. The maximum absolute atomic E-state index is 13.8.